The van der Waals surface area contributed by atoms with Gasteiger partial charge in [0.1, 0.15) is 17.7 Å². The summed E-state index contributed by atoms with van der Waals surface area (Å²) in [6, 6.07) is 3.49. The van der Waals surface area contributed by atoms with E-state index >= 15 is 0 Å². The largest absolute Gasteiger partial charge is 0.416 e. The third kappa shape index (κ3) is 2.83. The number of nitrogens with one attached hydrogen (secondary N) is 1. The van der Waals surface area contributed by atoms with Crippen LogP contribution < -0.4 is 5.32 Å². The van der Waals surface area contributed by atoms with Gasteiger partial charge in [0.05, 0.1) is 12.1 Å². The first-order valence-electron chi connectivity index (χ1n) is 7.27. The van der Waals surface area contributed by atoms with Crippen molar-refractivity contribution < 1.29 is 22.8 Å². The van der Waals surface area contributed by atoms with Crippen LogP contribution in [-0.4, -0.2) is 31.6 Å². The summed E-state index contributed by atoms with van der Waals surface area (Å²) in [7, 11) is 1.62. The van der Waals surface area contributed by atoms with E-state index < -0.39 is 29.2 Å². The molecule has 1 unspecified atom stereocenters. The first-order valence-corrected chi connectivity index (χ1v) is 7.27. The monoisotopic (exact) mass is 353 g/mol. The molecule has 1 saturated heterocycles. The van der Waals surface area contributed by atoms with Gasteiger partial charge in [0.15, 0.2) is 0 Å². The van der Waals surface area contributed by atoms with Crippen LogP contribution >= 0.6 is 0 Å². The van der Waals surface area contributed by atoms with Gasteiger partial charge in [-0.1, -0.05) is 12.1 Å². The Kier molecular flexibility index (Phi) is 3.77. The fraction of sp³-hybridized carbons (Fsp3) is 0.333. The molecule has 2 aromatic rings. The lowest BCUT2D eigenvalue weighted by Crippen LogP contribution is -2.41. The number of rotatable bonds is 3. The molecule has 2 heterocycles. The standard InChI is InChI=1S/C15H14F3N5O2/c1-14(9-3-5-10(6-4-9)15(16,17)18)12(24)23(13(25)21-14)7-11-19-8-20-22(11)2/h3-6,8H,7H2,1-2H3,(H,21,25). The van der Waals surface area contributed by atoms with Crippen molar-refractivity contribution in [1.29, 1.82) is 0 Å². The number of imide groups is 1. The quantitative estimate of drug-likeness (QED) is 0.854. The van der Waals surface area contributed by atoms with E-state index in [4.69, 9.17) is 0 Å². The zero-order valence-electron chi connectivity index (χ0n) is 13.3. The van der Waals surface area contributed by atoms with E-state index in [2.05, 4.69) is 15.4 Å². The lowest BCUT2D eigenvalue weighted by molar-refractivity contribution is -0.137. The van der Waals surface area contributed by atoms with Crippen molar-refractivity contribution in [2.24, 2.45) is 7.05 Å². The molecule has 0 aliphatic carbocycles. The van der Waals surface area contributed by atoms with Gasteiger partial charge in [-0.25, -0.2) is 9.78 Å². The van der Waals surface area contributed by atoms with E-state index in [1.165, 1.54) is 30.1 Å². The van der Waals surface area contributed by atoms with Gasteiger partial charge >= 0.3 is 12.2 Å². The number of hydrogen-bond acceptors (Lipinski definition) is 4. The number of nitrogens with zero attached hydrogens (tertiary/aromatic N) is 4. The average Bonchev–Trinajstić information content (AvgIpc) is 3.04. The molecular formula is C15H14F3N5O2. The highest BCUT2D eigenvalue weighted by atomic mass is 19.4. The van der Waals surface area contributed by atoms with Crippen molar-refractivity contribution in [3.63, 3.8) is 0 Å². The number of carbonyl (C=O) groups excluding carboxylic acids is 2. The van der Waals surface area contributed by atoms with Crippen molar-refractivity contribution in [3.05, 3.63) is 47.5 Å². The predicted molar refractivity (Wildman–Crippen MR) is 78.9 cm³/mol. The number of benzene rings is 1. The fourth-order valence-corrected chi connectivity index (χ4v) is 2.63. The smallest absolute Gasteiger partial charge is 0.319 e. The summed E-state index contributed by atoms with van der Waals surface area (Å²) >= 11 is 0. The summed E-state index contributed by atoms with van der Waals surface area (Å²) in [5.41, 5.74) is -2.01. The Hall–Kier alpha value is -2.91. The van der Waals surface area contributed by atoms with Gasteiger partial charge in [0.25, 0.3) is 5.91 Å². The van der Waals surface area contributed by atoms with Crippen LogP contribution in [0.3, 0.4) is 0 Å². The Labute approximate surface area is 140 Å². The lowest BCUT2D eigenvalue weighted by atomic mass is 9.91. The zero-order chi connectivity index (χ0) is 18.4. The fourth-order valence-electron chi connectivity index (χ4n) is 2.63. The second-order valence-electron chi connectivity index (χ2n) is 5.82. The van der Waals surface area contributed by atoms with E-state index in [1.807, 2.05) is 0 Å². The van der Waals surface area contributed by atoms with Gasteiger partial charge in [0, 0.05) is 7.05 Å². The van der Waals surface area contributed by atoms with Crippen LogP contribution in [0, 0.1) is 0 Å². The van der Waals surface area contributed by atoms with E-state index in [9.17, 15) is 22.8 Å². The Morgan fingerprint density at radius 1 is 1.20 bits per heavy atom. The number of carbonyl (C=O) groups is 2. The van der Waals surface area contributed by atoms with Crippen molar-refractivity contribution in [2.45, 2.75) is 25.2 Å². The van der Waals surface area contributed by atoms with Crippen LogP contribution in [-0.2, 0) is 30.1 Å². The van der Waals surface area contributed by atoms with Gasteiger partial charge in [-0.15, -0.1) is 0 Å². The number of amides is 3. The second kappa shape index (κ2) is 5.57. The minimum atomic E-state index is -4.47. The third-order valence-electron chi connectivity index (χ3n) is 4.17. The number of halogens is 3. The molecule has 7 nitrogen and oxygen atoms in total. The number of urea groups is 1. The van der Waals surface area contributed by atoms with E-state index in [-0.39, 0.29) is 12.1 Å². The van der Waals surface area contributed by atoms with Crippen molar-refractivity contribution >= 4 is 11.9 Å². The van der Waals surface area contributed by atoms with Crippen molar-refractivity contribution in [1.82, 2.24) is 25.0 Å². The highest BCUT2D eigenvalue weighted by molar-refractivity contribution is 6.07. The van der Waals surface area contributed by atoms with Crippen LogP contribution in [0.25, 0.3) is 0 Å². The molecule has 25 heavy (non-hydrogen) atoms. The van der Waals surface area contributed by atoms with Crippen LogP contribution in [0.4, 0.5) is 18.0 Å². The average molecular weight is 353 g/mol. The molecule has 1 aliphatic heterocycles. The highest BCUT2D eigenvalue weighted by Crippen LogP contribution is 2.33. The lowest BCUT2D eigenvalue weighted by Gasteiger charge is -2.22. The number of aromatic nitrogens is 3. The van der Waals surface area contributed by atoms with Crippen LogP contribution in [0.1, 0.15) is 23.9 Å². The first kappa shape index (κ1) is 16.9. The molecule has 0 radical (unpaired) electrons. The molecule has 1 aliphatic rings. The summed E-state index contributed by atoms with van der Waals surface area (Å²) < 4.78 is 39.5. The minimum absolute atomic E-state index is 0.0859. The molecule has 3 rings (SSSR count). The van der Waals surface area contributed by atoms with Crippen molar-refractivity contribution in [2.75, 3.05) is 0 Å². The second-order valence-corrected chi connectivity index (χ2v) is 5.82. The van der Waals surface area contributed by atoms with Gasteiger partial charge in [-0.3, -0.25) is 14.4 Å². The van der Waals surface area contributed by atoms with Crippen LogP contribution in [0.5, 0.6) is 0 Å². The summed E-state index contributed by atoms with van der Waals surface area (Å²) in [6.45, 7) is 1.36. The molecule has 132 valence electrons. The Morgan fingerprint density at radius 2 is 1.84 bits per heavy atom. The SMILES string of the molecule is Cn1ncnc1CN1C(=O)NC(C)(c2ccc(C(F)(F)F)cc2)C1=O. The molecular weight excluding hydrogens is 339 g/mol. The van der Waals surface area contributed by atoms with Gasteiger partial charge in [-0.2, -0.15) is 18.3 Å². The maximum Gasteiger partial charge on any atom is 0.416 e. The van der Waals surface area contributed by atoms with E-state index in [0.29, 0.717) is 5.82 Å². The summed E-state index contributed by atoms with van der Waals surface area (Å²) in [4.78, 5) is 29.8. The maximum absolute atomic E-state index is 12.7. The Morgan fingerprint density at radius 3 is 2.36 bits per heavy atom. The van der Waals surface area contributed by atoms with Gasteiger partial charge in [-0.05, 0) is 24.6 Å². The molecule has 0 bridgehead atoms. The molecule has 10 heteroatoms. The summed E-state index contributed by atoms with van der Waals surface area (Å²) in [5, 5.41) is 6.40. The van der Waals surface area contributed by atoms with Crippen LogP contribution in [0.2, 0.25) is 0 Å². The first-order chi connectivity index (χ1) is 11.6. The topological polar surface area (TPSA) is 80.1 Å². The minimum Gasteiger partial charge on any atom is -0.319 e. The van der Waals surface area contributed by atoms with E-state index in [1.54, 1.807) is 7.05 Å². The highest BCUT2D eigenvalue weighted by Gasteiger charge is 2.49. The summed E-state index contributed by atoms with van der Waals surface area (Å²) in [5.74, 6) is -0.166. The Balaban J connectivity index is 1.88. The third-order valence-corrected chi connectivity index (χ3v) is 4.17. The predicted octanol–water partition coefficient (Wildman–Crippen LogP) is 1.80. The number of hydrogen-bond donors (Lipinski definition) is 1. The maximum atomic E-state index is 12.7. The van der Waals surface area contributed by atoms with E-state index in [0.717, 1.165) is 17.0 Å². The number of alkyl halides is 3. The molecule has 0 saturated carbocycles. The van der Waals surface area contributed by atoms with Gasteiger partial charge in [0.2, 0.25) is 0 Å². The molecule has 1 aromatic carbocycles. The summed E-state index contributed by atoms with van der Waals surface area (Å²) in [6.07, 6.45) is -3.18. The molecule has 0 spiro atoms. The van der Waals surface area contributed by atoms with Crippen molar-refractivity contribution in [3.8, 4) is 0 Å². The molecule has 3 amide bonds. The molecule has 1 N–H and O–H groups in total. The molecule has 1 atom stereocenters. The Bertz CT molecular complexity index is 830. The van der Waals surface area contributed by atoms with Gasteiger partial charge < -0.3 is 5.32 Å². The number of aryl methyl sites for hydroxylation is 1. The van der Waals surface area contributed by atoms with Crippen LogP contribution in [0.15, 0.2) is 30.6 Å². The molecule has 1 aromatic heterocycles. The molecule has 1 fully saturated rings. The zero-order valence-corrected chi connectivity index (χ0v) is 13.3. The normalized spacial score (nSPS) is 20.9.